The second kappa shape index (κ2) is 6.91. The first-order valence-corrected chi connectivity index (χ1v) is 7.41. The third kappa shape index (κ3) is 3.57. The molecule has 7 nitrogen and oxygen atoms in total. The number of anilines is 1. The Bertz CT molecular complexity index is 842. The van der Waals surface area contributed by atoms with Gasteiger partial charge in [0.2, 0.25) is 5.91 Å². The number of benzene rings is 1. The first-order valence-electron chi connectivity index (χ1n) is 7.41. The van der Waals surface area contributed by atoms with Crippen LogP contribution in [0.2, 0.25) is 0 Å². The van der Waals surface area contributed by atoms with Gasteiger partial charge in [0, 0.05) is 18.5 Å². The number of rotatable bonds is 5. The van der Waals surface area contributed by atoms with Gasteiger partial charge in [-0.15, -0.1) is 0 Å². The van der Waals surface area contributed by atoms with Crippen molar-refractivity contribution in [2.45, 2.75) is 13.3 Å². The molecule has 1 amide bonds. The number of aryl methyl sites for hydroxylation is 1. The number of amides is 1. The second-order valence-electron chi connectivity index (χ2n) is 5.18. The van der Waals surface area contributed by atoms with E-state index in [1.165, 1.54) is 6.33 Å². The largest absolute Gasteiger partial charge is 0.497 e. The van der Waals surface area contributed by atoms with E-state index in [0.717, 1.165) is 17.1 Å². The highest BCUT2D eigenvalue weighted by molar-refractivity contribution is 5.91. The van der Waals surface area contributed by atoms with Crippen LogP contribution in [0.5, 0.6) is 5.75 Å². The normalized spacial score (nSPS) is 10.4. The van der Waals surface area contributed by atoms with E-state index in [0.29, 0.717) is 11.6 Å². The lowest BCUT2D eigenvalue weighted by Gasteiger charge is -2.08. The Balaban J connectivity index is 1.69. The number of imidazole rings is 1. The van der Waals surface area contributed by atoms with Gasteiger partial charge < -0.3 is 10.1 Å². The molecule has 0 saturated carbocycles. The molecule has 1 aromatic carbocycles. The summed E-state index contributed by atoms with van der Waals surface area (Å²) in [6.45, 7) is 1.88. The Morgan fingerprint density at radius 1 is 1.21 bits per heavy atom. The minimum Gasteiger partial charge on any atom is -0.497 e. The van der Waals surface area contributed by atoms with Crippen LogP contribution < -0.4 is 10.1 Å². The molecule has 0 unspecified atom stereocenters. The van der Waals surface area contributed by atoms with Crippen molar-refractivity contribution in [3.05, 3.63) is 60.4 Å². The predicted octanol–water partition coefficient (Wildman–Crippen LogP) is 2.16. The smallest absolute Gasteiger partial charge is 0.229 e. The zero-order valence-electron chi connectivity index (χ0n) is 13.4. The molecule has 0 fully saturated rings. The van der Waals surface area contributed by atoms with Gasteiger partial charge in [-0.2, -0.15) is 0 Å². The van der Waals surface area contributed by atoms with Crippen LogP contribution in [0.4, 0.5) is 5.82 Å². The molecule has 2 heterocycles. The van der Waals surface area contributed by atoms with Crippen molar-refractivity contribution in [2.75, 3.05) is 12.4 Å². The number of hydrogen-bond acceptors (Lipinski definition) is 5. The number of ether oxygens (including phenoxy) is 1. The molecule has 3 aromatic rings. The third-order valence-corrected chi connectivity index (χ3v) is 3.52. The summed E-state index contributed by atoms with van der Waals surface area (Å²) in [7, 11) is 1.61. The minimum absolute atomic E-state index is 0.146. The number of methoxy groups -OCH3 is 1. The number of carbonyl (C=O) groups excluding carboxylic acids is 1. The molecule has 0 aliphatic carbocycles. The maximum absolute atomic E-state index is 12.2. The predicted molar refractivity (Wildman–Crippen MR) is 89.2 cm³/mol. The van der Waals surface area contributed by atoms with Gasteiger partial charge in [-0.25, -0.2) is 15.0 Å². The minimum atomic E-state index is -0.146. The highest BCUT2D eigenvalue weighted by atomic mass is 16.5. The van der Waals surface area contributed by atoms with Crippen molar-refractivity contribution in [3.8, 4) is 11.6 Å². The summed E-state index contributed by atoms with van der Waals surface area (Å²) < 4.78 is 6.92. The van der Waals surface area contributed by atoms with Gasteiger partial charge in [0.1, 0.15) is 29.5 Å². The van der Waals surface area contributed by atoms with E-state index in [-0.39, 0.29) is 12.3 Å². The molecule has 0 spiro atoms. The van der Waals surface area contributed by atoms with E-state index >= 15 is 0 Å². The molecule has 0 aliphatic rings. The van der Waals surface area contributed by atoms with Crippen molar-refractivity contribution in [1.82, 2.24) is 19.5 Å². The lowest BCUT2D eigenvalue weighted by atomic mass is 10.1. The average Bonchev–Trinajstić information content (AvgIpc) is 3.02. The zero-order valence-corrected chi connectivity index (χ0v) is 13.4. The average molecular weight is 323 g/mol. The number of nitrogens with zero attached hydrogens (tertiary/aromatic N) is 4. The first-order chi connectivity index (χ1) is 11.7. The molecule has 0 atom stereocenters. The number of carbonyl (C=O) groups is 1. The Labute approximate surface area is 139 Å². The third-order valence-electron chi connectivity index (χ3n) is 3.52. The van der Waals surface area contributed by atoms with Crippen LogP contribution in [0.1, 0.15) is 11.4 Å². The Morgan fingerprint density at radius 2 is 2.00 bits per heavy atom. The van der Waals surface area contributed by atoms with Gasteiger partial charge in [-0.3, -0.25) is 9.36 Å². The van der Waals surface area contributed by atoms with Crippen LogP contribution in [0.25, 0.3) is 5.82 Å². The second-order valence-corrected chi connectivity index (χ2v) is 5.18. The monoisotopic (exact) mass is 323 g/mol. The van der Waals surface area contributed by atoms with Gasteiger partial charge in [0.15, 0.2) is 0 Å². The first kappa shape index (κ1) is 15.7. The molecule has 0 bridgehead atoms. The van der Waals surface area contributed by atoms with Gasteiger partial charge in [-0.05, 0) is 24.6 Å². The Hall–Kier alpha value is -3.22. The van der Waals surface area contributed by atoms with Gasteiger partial charge in [0.05, 0.1) is 13.5 Å². The van der Waals surface area contributed by atoms with Gasteiger partial charge >= 0.3 is 0 Å². The molecule has 1 N–H and O–H groups in total. The van der Waals surface area contributed by atoms with Crippen LogP contribution in [0, 0.1) is 6.92 Å². The van der Waals surface area contributed by atoms with Crippen LogP contribution in [0.3, 0.4) is 0 Å². The summed E-state index contributed by atoms with van der Waals surface area (Å²) in [6.07, 6.45) is 5.17. The molecule has 0 aliphatic heterocycles. The molecule has 3 rings (SSSR count). The van der Waals surface area contributed by atoms with Crippen molar-refractivity contribution >= 4 is 11.7 Å². The Morgan fingerprint density at radius 3 is 2.67 bits per heavy atom. The van der Waals surface area contributed by atoms with E-state index in [2.05, 4.69) is 20.3 Å². The molecule has 7 heteroatoms. The fraction of sp³-hybridized carbons (Fsp3) is 0.176. The molecule has 0 radical (unpaired) electrons. The van der Waals surface area contributed by atoms with E-state index < -0.39 is 0 Å². The molecule has 24 heavy (non-hydrogen) atoms. The quantitative estimate of drug-likeness (QED) is 0.778. The SMILES string of the molecule is COc1ccc(CC(=O)Nc2cc(-n3ccnc3C)ncn2)cc1. The molecule has 2 aromatic heterocycles. The number of aromatic nitrogens is 4. The van der Waals surface area contributed by atoms with Crippen LogP contribution >= 0.6 is 0 Å². The summed E-state index contributed by atoms with van der Waals surface area (Å²) >= 11 is 0. The Kier molecular flexibility index (Phi) is 4.51. The number of hydrogen-bond donors (Lipinski definition) is 1. The fourth-order valence-corrected chi connectivity index (χ4v) is 2.28. The number of nitrogens with one attached hydrogen (secondary N) is 1. The molecule has 122 valence electrons. The maximum Gasteiger partial charge on any atom is 0.229 e. The van der Waals surface area contributed by atoms with Crippen molar-refractivity contribution in [3.63, 3.8) is 0 Å². The van der Waals surface area contributed by atoms with E-state index in [1.54, 1.807) is 25.6 Å². The summed E-state index contributed by atoms with van der Waals surface area (Å²) in [6, 6.07) is 9.08. The van der Waals surface area contributed by atoms with Crippen molar-refractivity contribution < 1.29 is 9.53 Å². The lowest BCUT2D eigenvalue weighted by molar-refractivity contribution is -0.115. The van der Waals surface area contributed by atoms with Gasteiger partial charge in [0.25, 0.3) is 0 Å². The lowest BCUT2D eigenvalue weighted by Crippen LogP contribution is -2.16. The molecular formula is C17H17N5O2. The van der Waals surface area contributed by atoms with Crippen LogP contribution in [-0.4, -0.2) is 32.5 Å². The summed E-state index contributed by atoms with van der Waals surface area (Å²) in [5.74, 6) is 2.53. The molecule has 0 saturated heterocycles. The summed E-state index contributed by atoms with van der Waals surface area (Å²) in [5, 5.41) is 2.79. The van der Waals surface area contributed by atoms with Crippen LogP contribution in [0.15, 0.2) is 49.1 Å². The summed E-state index contributed by atoms with van der Waals surface area (Å²) in [5.41, 5.74) is 0.896. The van der Waals surface area contributed by atoms with Crippen molar-refractivity contribution in [1.29, 1.82) is 0 Å². The standard InChI is InChI=1S/C17H17N5O2/c1-12-18-7-8-22(12)16-10-15(19-11-20-16)21-17(23)9-13-3-5-14(24-2)6-4-13/h3-8,10-11H,9H2,1-2H3,(H,19,20,21,23). The highest BCUT2D eigenvalue weighted by Crippen LogP contribution is 2.13. The van der Waals surface area contributed by atoms with Crippen molar-refractivity contribution in [2.24, 2.45) is 0 Å². The maximum atomic E-state index is 12.2. The van der Waals surface area contributed by atoms with E-state index in [4.69, 9.17) is 4.74 Å². The van der Waals surface area contributed by atoms with Crippen LogP contribution in [-0.2, 0) is 11.2 Å². The fourth-order valence-electron chi connectivity index (χ4n) is 2.28. The zero-order chi connectivity index (χ0) is 16.9. The summed E-state index contributed by atoms with van der Waals surface area (Å²) in [4.78, 5) is 24.6. The highest BCUT2D eigenvalue weighted by Gasteiger charge is 2.08. The molecular weight excluding hydrogens is 306 g/mol. The van der Waals surface area contributed by atoms with Gasteiger partial charge in [-0.1, -0.05) is 12.1 Å². The van der Waals surface area contributed by atoms with E-state index in [9.17, 15) is 4.79 Å². The topological polar surface area (TPSA) is 81.9 Å². The van der Waals surface area contributed by atoms with E-state index in [1.807, 2.05) is 35.8 Å².